The quantitative estimate of drug-likeness (QED) is 0.219. The molecule has 0 aromatic rings. The van der Waals surface area contributed by atoms with Gasteiger partial charge in [0.05, 0.1) is 0 Å². The Bertz CT molecular complexity index is 592. The summed E-state index contributed by atoms with van der Waals surface area (Å²) in [4.78, 5) is 13.3. The normalized spacial score (nSPS) is 28.0. The Morgan fingerprint density at radius 3 is 2.22 bits per heavy atom. The first-order valence-electron chi connectivity index (χ1n) is 13.4. The van der Waals surface area contributed by atoms with E-state index < -0.39 is 17.6 Å². The van der Waals surface area contributed by atoms with Gasteiger partial charge in [0, 0.05) is 13.0 Å². The molecule has 0 N–H and O–H groups in total. The first-order valence-corrected chi connectivity index (χ1v) is 13.4. The number of Topliss-reactive ketones (excluding diaryl/α,β-unsaturated/α-hetero) is 1. The zero-order valence-electron chi connectivity index (χ0n) is 20.6. The lowest BCUT2D eigenvalue weighted by molar-refractivity contribution is -0.147. The van der Waals surface area contributed by atoms with Crippen LogP contribution in [0.3, 0.4) is 0 Å². The monoisotopic (exact) mass is 452 g/mol. The standard InChI is InChI=1S/C28H46F2O2/c1-3-5-7-9-10-12-21-32-28(20-13-15-25(29)27(28)30)26(31)22-24-18-16-23(17-19-24)14-11-8-6-4-2/h13,15,20,23-24,27H,3-12,14,16-19,21-22H2,1-2H3. The van der Waals surface area contributed by atoms with Crippen LogP contribution in [0.25, 0.3) is 0 Å². The van der Waals surface area contributed by atoms with Crippen LogP contribution >= 0.6 is 0 Å². The smallest absolute Gasteiger partial charge is 0.191 e. The van der Waals surface area contributed by atoms with Crippen LogP contribution in [-0.2, 0) is 9.53 Å². The van der Waals surface area contributed by atoms with Crippen LogP contribution in [0.2, 0.25) is 0 Å². The fraction of sp³-hybridized carbons (Fsp3) is 0.821. The average molecular weight is 453 g/mol. The van der Waals surface area contributed by atoms with E-state index in [1.54, 1.807) is 0 Å². The van der Waals surface area contributed by atoms with Crippen LogP contribution in [0.4, 0.5) is 8.78 Å². The highest BCUT2D eigenvalue weighted by Gasteiger charge is 2.49. The van der Waals surface area contributed by atoms with Gasteiger partial charge in [-0.3, -0.25) is 4.79 Å². The van der Waals surface area contributed by atoms with Gasteiger partial charge in [-0.05, 0) is 43.3 Å². The number of carbonyl (C=O) groups is 1. The SMILES string of the molecule is CCCCCCCCOC1(C(=O)CC2CCC(CCCCCC)CC2)C=CC=C(F)C1F. The lowest BCUT2D eigenvalue weighted by Crippen LogP contribution is -2.50. The van der Waals surface area contributed by atoms with Crippen LogP contribution in [0.5, 0.6) is 0 Å². The Morgan fingerprint density at radius 2 is 1.53 bits per heavy atom. The van der Waals surface area contributed by atoms with Crippen LogP contribution < -0.4 is 0 Å². The molecular formula is C28H46F2O2. The third kappa shape index (κ3) is 8.39. The van der Waals surface area contributed by atoms with E-state index in [1.165, 1.54) is 63.5 Å². The molecule has 2 aliphatic carbocycles. The zero-order valence-corrected chi connectivity index (χ0v) is 20.6. The van der Waals surface area contributed by atoms with E-state index in [0.717, 1.165) is 56.9 Å². The van der Waals surface area contributed by atoms with Crippen molar-refractivity contribution in [3.63, 3.8) is 0 Å². The fourth-order valence-corrected chi connectivity index (χ4v) is 5.22. The first-order chi connectivity index (χ1) is 15.5. The summed E-state index contributed by atoms with van der Waals surface area (Å²) in [6, 6.07) is 0. The minimum atomic E-state index is -2.03. The first kappa shape index (κ1) is 27.2. The average Bonchev–Trinajstić information content (AvgIpc) is 2.80. The summed E-state index contributed by atoms with van der Waals surface area (Å²) in [7, 11) is 0. The summed E-state index contributed by atoms with van der Waals surface area (Å²) in [6.45, 7) is 4.70. The number of alkyl halides is 1. The maximum absolute atomic E-state index is 15.0. The van der Waals surface area contributed by atoms with Gasteiger partial charge in [0.2, 0.25) is 0 Å². The predicted molar refractivity (Wildman–Crippen MR) is 129 cm³/mol. The van der Waals surface area contributed by atoms with Crippen LogP contribution in [-0.4, -0.2) is 24.2 Å². The number of unbranched alkanes of at least 4 members (excludes halogenated alkanes) is 8. The van der Waals surface area contributed by atoms with Crippen molar-refractivity contribution in [2.45, 2.75) is 128 Å². The van der Waals surface area contributed by atoms with Crippen LogP contribution in [0.1, 0.15) is 117 Å². The van der Waals surface area contributed by atoms with E-state index in [9.17, 15) is 9.18 Å². The summed E-state index contributed by atoms with van der Waals surface area (Å²) >= 11 is 0. The molecule has 4 heteroatoms. The molecule has 0 radical (unpaired) electrons. The van der Waals surface area contributed by atoms with Gasteiger partial charge < -0.3 is 4.74 Å². The van der Waals surface area contributed by atoms with Gasteiger partial charge in [0.25, 0.3) is 0 Å². The number of ether oxygens (including phenoxy) is 1. The van der Waals surface area contributed by atoms with Crippen LogP contribution in [0, 0.1) is 11.8 Å². The third-order valence-corrected chi connectivity index (χ3v) is 7.40. The van der Waals surface area contributed by atoms with Gasteiger partial charge >= 0.3 is 0 Å². The molecule has 2 aliphatic rings. The second-order valence-corrected chi connectivity index (χ2v) is 10.0. The summed E-state index contributed by atoms with van der Waals surface area (Å²) in [6.07, 6.45) is 19.5. The minimum Gasteiger partial charge on any atom is -0.359 e. The largest absolute Gasteiger partial charge is 0.359 e. The maximum atomic E-state index is 15.0. The molecule has 184 valence electrons. The molecule has 1 saturated carbocycles. The van der Waals surface area contributed by atoms with E-state index in [2.05, 4.69) is 13.8 Å². The summed E-state index contributed by atoms with van der Waals surface area (Å²) in [5.74, 6) is -0.167. The van der Waals surface area contributed by atoms with Crippen molar-refractivity contribution in [3.05, 3.63) is 24.1 Å². The topological polar surface area (TPSA) is 26.3 Å². The molecule has 0 saturated heterocycles. The zero-order chi connectivity index (χ0) is 23.2. The molecule has 0 heterocycles. The number of carbonyl (C=O) groups excluding carboxylic acids is 1. The minimum absolute atomic E-state index is 0.262. The van der Waals surface area contributed by atoms with Gasteiger partial charge in [0.1, 0.15) is 5.83 Å². The highest BCUT2D eigenvalue weighted by Crippen LogP contribution is 2.38. The Morgan fingerprint density at radius 1 is 0.938 bits per heavy atom. The van der Waals surface area contributed by atoms with E-state index in [4.69, 9.17) is 4.74 Å². The number of ketones is 1. The van der Waals surface area contributed by atoms with Crippen molar-refractivity contribution >= 4 is 5.78 Å². The summed E-state index contributed by atoms with van der Waals surface area (Å²) < 4.78 is 35.0. The van der Waals surface area contributed by atoms with Crippen molar-refractivity contribution in [1.82, 2.24) is 0 Å². The molecule has 2 nitrogen and oxygen atoms in total. The molecule has 0 amide bonds. The molecule has 0 aliphatic heterocycles. The van der Waals surface area contributed by atoms with Gasteiger partial charge in [-0.2, -0.15) is 0 Å². The second-order valence-electron chi connectivity index (χ2n) is 10.0. The van der Waals surface area contributed by atoms with E-state index >= 15 is 4.39 Å². The summed E-state index contributed by atoms with van der Waals surface area (Å²) in [5, 5.41) is 0. The Balaban J connectivity index is 1.84. The Kier molecular flexibility index (Phi) is 12.7. The molecule has 2 unspecified atom stereocenters. The second kappa shape index (κ2) is 15.0. The van der Waals surface area contributed by atoms with Crippen molar-refractivity contribution < 1.29 is 18.3 Å². The molecule has 0 aromatic carbocycles. The molecule has 2 rings (SSSR count). The Labute approximate surface area is 195 Å². The number of allylic oxidation sites excluding steroid dienone is 2. The lowest BCUT2D eigenvalue weighted by atomic mass is 9.75. The van der Waals surface area contributed by atoms with Crippen molar-refractivity contribution in [3.8, 4) is 0 Å². The number of hydrogen-bond acceptors (Lipinski definition) is 2. The lowest BCUT2D eigenvalue weighted by Gasteiger charge is -2.36. The molecule has 32 heavy (non-hydrogen) atoms. The number of rotatable bonds is 16. The molecule has 0 spiro atoms. The van der Waals surface area contributed by atoms with E-state index in [0.29, 0.717) is 6.61 Å². The van der Waals surface area contributed by atoms with Gasteiger partial charge in [-0.15, -0.1) is 0 Å². The van der Waals surface area contributed by atoms with Gasteiger partial charge in [0.15, 0.2) is 17.6 Å². The van der Waals surface area contributed by atoms with Crippen molar-refractivity contribution in [2.24, 2.45) is 11.8 Å². The molecule has 2 atom stereocenters. The molecule has 1 fully saturated rings. The van der Waals surface area contributed by atoms with Crippen LogP contribution in [0.15, 0.2) is 24.1 Å². The van der Waals surface area contributed by atoms with Gasteiger partial charge in [-0.25, -0.2) is 8.78 Å². The molecule has 0 aromatic heterocycles. The summed E-state index contributed by atoms with van der Waals surface area (Å²) in [5.41, 5.74) is -1.78. The number of halogens is 2. The van der Waals surface area contributed by atoms with Crippen molar-refractivity contribution in [2.75, 3.05) is 6.61 Å². The van der Waals surface area contributed by atoms with Gasteiger partial charge in [-0.1, -0.05) is 97.0 Å². The van der Waals surface area contributed by atoms with Crippen molar-refractivity contribution in [1.29, 1.82) is 0 Å². The maximum Gasteiger partial charge on any atom is 0.191 e. The highest BCUT2D eigenvalue weighted by molar-refractivity contribution is 5.91. The molecular weight excluding hydrogens is 406 g/mol. The third-order valence-electron chi connectivity index (χ3n) is 7.40. The number of hydrogen-bond donors (Lipinski definition) is 0. The molecule has 0 bridgehead atoms. The Hall–Kier alpha value is -1.03. The highest BCUT2D eigenvalue weighted by atomic mass is 19.2. The fourth-order valence-electron chi connectivity index (χ4n) is 5.22. The van der Waals surface area contributed by atoms with E-state index in [-0.39, 0.29) is 18.1 Å². The van der Waals surface area contributed by atoms with E-state index in [1.807, 2.05) is 0 Å². The predicted octanol–water partition coefficient (Wildman–Crippen LogP) is 8.60.